The van der Waals surface area contributed by atoms with E-state index in [1.165, 1.54) is 6.07 Å². The Kier molecular flexibility index (Phi) is 6.63. The zero-order valence-electron chi connectivity index (χ0n) is 19.2. The maximum Gasteiger partial charge on any atom is 0.123 e. The lowest BCUT2D eigenvalue weighted by atomic mass is 9.90. The zero-order valence-corrected chi connectivity index (χ0v) is 19.2. The monoisotopic (exact) mass is 452 g/mol. The molecular formula is C29H29FN4. The van der Waals surface area contributed by atoms with E-state index in [0.29, 0.717) is 6.42 Å². The molecule has 0 unspecified atom stereocenters. The van der Waals surface area contributed by atoms with E-state index in [1.54, 1.807) is 12.1 Å². The molecule has 3 aromatic rings. The second kappa shape index (κ2) is 10.1. The van der Waals surface area contributed by atoms with Crippen molar-refractivity contribution >= 4 is 17.1 Å². The molecule has 0 amide bonds. The van der Waals surface area contributed by atoms with Crippen molar-refractivity contribution in [3.8, 4) is 0 Å². The molecule has 5 rings (SSSR count). The van der Waals surface area contributed by atoms with Gasteiger partial charge >= 0.3 is 0 Å². The quantitative estimate of drug-likeness (QED) is 0.499. The lowest BCUT2D eigenvalue weighted by Crippen LogP contribution is -2.32. The third kappa shape index (κ3) is 4.85. The molecule has 0 radical (unpaired) electrons. The first kappa shape index (κ1) is 22.2. The van der Waals surface area contributed by atoms with Gasteiger partial charge in [0.15, 0.2) is 0 Å². The van der Waals surface area contributed by atoms with Gasteiger partial charge < -0.3 is 11.1 Å². The van der Waals surface area contributed by atoms with Crippen LogP contribution in [0.2, 0.25) is 0 Å². The van der Waals surface area contributed by atoms with Crippen molar-refractivity contribution in [1.29, 1.82) is 0 Å². The number of nitrogens with two attached hydrogens (primary N) is 1. The summed E-state index contributed by atoms with van der Waals surface area (Å²) in [6, 6.07) is 25.2. The van der Waals surface area contributed by atoms with Gasteiger partial charge in [0.05, 0.1) is 17.1 Å². The number of nitrogens with zero attached hydrogens (tertiary/aromatic N) is 2. The number of aliphatic imine (C=N–C) groups is 2. The van der Waals surface area contributed by atoms with Crippen molar-refractivity contribution in [2.45, 2.75) is 25.7 Å². The van der Waals surface area contributed by atoms with E-state index in [9.17, 15) is 4.39 Å². The molecule has 2 heterocycles. The minimum Gasteiger partial charge on any atom is -0.400 e. The third-order valence-corrected chi connectivity index (χ3v) is 6.57. The van der Waals surface area contributed by atoms with Crippen LogP contribution in [-0.4, -0.2) is 24.5 Å². The topological polar surface area (TPSA) is 62.8 Å². The predicted molar refractivity (Wildman–Crippen MR) is 137 cm³/mol. The number of fused-ring (bicyclic) bond motifs is 1. The average molecular weight is 453 g/mol. The lowest BCUT2D eigenvalue weighted by molar-refractivity contribution is 0.415. The van der Waals surface area contributed by atoms with Gasteiger partial charge in [0, 0.05) is 22.7 Å². The van der Waals surface area contributed by atoms with Crippen molar-refractivity contribution in [2.24, 2.45) is 21.6 Å². The van der Waals surface area contributed by atoms with Gasteiger partial charge in [-0.2, -0.15) is 0 Å². The van der Waals surface area contributed by atoms with E-state index in [2.05, 4.69) is 29.6 Å². The number of allylic oxidation sites excluding steroid dienone is 2. The highest BCUT2D eigenvalue weighted by molar-refractivity contribution is 6.16. The van der Waals surface area contributed by atoms with Crippen molar-refractivity contribution in [2.75, 3.05) is 13.1 Å². The first-order valence-electron chi connectivity index (χ1n) is 12.0. The second-order valence-corrected chi connectivity index (χ2v) is 8.85. The Morgan fingerprint density at radius 3 is 2.18 bits per heavy atom. The summed E-state index contributed by atoms with van der Waals surface area (Å²) in [6.45, 7) is 1.89. The first-order valence-corrected chi connectivity index (χ1v) is 12.0. The van der Waals surface area contributed by atoms with Crippen LogP contribution in [-0.2, 0) is 6.42 Å². The Morgan fingerprint density at radius 2 is 1.53 bits per heavy atom. The predicted octanol–water partition coefficient (Wildman–Crippen LogP) is 5.55. The molecule has 2 aliphatic heterocycles. The standard InChI is InChI=1S/C29H29FN4/c30-24-12-14-25-23(19-24)11-13-26(33-25)29(27(31)20-15-17-32-18-16-20)34-28(21-7-3-1-4-8-21)22-9-5-2-6-10-22/h1-10,12,14,19-20,32H,11,13,15-18,31H2/b29-27+. The van der Waals surface area contributed by atoms with Crippen molar-refractivity contribution in [1.82, 2.24) is 5.32 Å². The van der Waals surface area contributed by atoms with Crippen LogP contribution in [0.25, 0.3) is 0 Å². The molecule has 1 saturated heterocycles. The van der Waals surface area contributed by atoms with Gasteiger partial charge in [-0.15, -0.1) is 0 Å². The van der Waals surface area contributed by atoms with Gasteiger partial charge in [-0.25, -0.2) is 9.38 Å². The molecule has 5 heteroatoms. The van der Waals surface area contributed by atoms with E-state index in [0.717, 1.165) is 77.5 Å². The lowest BCUT2D eigenvalue weighted by Gasteiger charge is -2.26. The van der Waals surface area contributed by atoms with E-state index in [4.69, 9.17) is 15.7 Å². The SMILES string of the molecule is N/C(=C(/N=C(c1ccccc1)c1ccccc1)C1=Nc2ccc(F)cc2CC1)C1CCNCC1. The molecule has 2 aliphatic rings. The minimum absolute atomic E-state index is 0.226. The number of hydrogen-bond acceptors (Lipinski definition) is 4. The average Bonchev–Trinajstić information content (AvgIpc) is 2.90. The molecule has 1 fully saturated rings. The Morgan fingerprint density at radius 1 is 0.882 bits per heavy atom. The van der Waals surface area contributed by atoms with Gasteiger partial charge in [0.1, 0.15) is 11.5 Å². The summed E-state index contributed by atoms with van der Waals surface area (Å²) in [6.07, 6.45) is 3.35. The van der Waals surface area contributed by atoms with Crippen LogP contribution in [0.5, 0.6) is 0 Å². The number of aryl methyl sites for hydroxylation is 1. The first-order chi connectivity index (χ1) is 16.7. The van der Waals surface area contributed by atoms with Crippen LogP contribution >= 0.6 is 0 Å². The Hall–Kier alpha value is -3.57. The normalized spacial score (nSPS) is 16.8. The highest BCUT2D eigenvalue weighted by Gasteiger charge is 2.24. The Labute approximate surface area is 200 Å². The zero-order chi connectivity index (χ0) is 23.3. The molecular weight excluding hydrogens is 423 g/mol. The fraction of sp³-hybridized carbons (Fsp3) is 0.241. The van der Waals surface area contributed by atoms with Crippen LogP contribution in [0.3, 0.4) is 0 Å². The van der Waals surface area contributed by atoms with Gasteiger partial charge in [-0.1, -0.05) is 60.7 Å². The van der Waals surface area contributed by atoms with E-state index < -0.39 is 0 Å². The van der Waals surface area contributed by atoms with Crippen molar-refractivity contribution < 1.29 is 4.39 Å². The van der Waals surface area contributed by atoms with E-state index >= 15 is 0 Å². The number of benzene rings is 3. The van der Waals surface area contributed by atoms with Crippen LogP contribution < -0.4 is 11.1 Å². The summed E-state index contributed by atoms with van der Waals surface area (Å²) in [5.41, 5.74) is 14.0. The molecule has 0 saturated carbocycles. The number of hydrogen-bond donors (Lipinski definition) is 2. The second-order valence-electron chi connectivity index (χ2n) is 8.85. The fourth-order valence-electron chi connectivity index (χ4n) is 4.71. The van der Waals surface area contributed by atoms with E-state index in [-0.39, 0.29) is 11.7 Å². The summed E-state index contributed by atoms with van der Waals surface area (Å²) >= 11 is 0. The Bertz CT molecular complexity index is 1200. The summed E-state index contributed by atoms with van der Waals surface area (Å²) in [5, 5.41) is 3.42. The van der Waals surface area contributed by atoms with Gasteiger partial charge in [0.2, 0.25) is 0 Å². The van der Waals surface area contributed by atoms with Gasteiger partial charge in [-0.3, -0.25) is 4.99 Å². The fourth-order valence-corrected chi connectivity index (χ4v) is 4.71. The molecule has 0 aliphatic carbocycles. The molecule has 3 aromatic carbocycles. The maximum absolute atomic E-state index is 13.8. The number of piperidine rings is 1. The largest absolute Gasteiger partial charge is 0.400 e. The minimum atomic E-state index is -0.226. The number of rotatable bonds is 5. The third-order valence-electron chi connectivity index (χ3n) is 6.57. The molecule has 0 atom stereocenters. The van der Waals surface area contributed by atoms with Crippen LogP contribution in [0.15, 0.2) is 100 Å². The Balaban J connectivity index is 1.68. The van der Waals surface area contributed by atoms with Crippen molar-refractivity contribution in [3.63, 3.8) is 0 Å². The summed E-state index contributed by atoms with van der Waals surface area (Å²) in [4.78, 5) is 10.2. The molecule has 0 spiro atoms. The number of halogens is 1. The van der Waals surface area contributed by atoms with Gasteiger partial charge in [-0.05, 0) is 62.5 Å². The highest BCUT2D eigenvalue weighted by atomic mass is 19.1. The molecule has 3 N–H and O–H groups in total. The maximum atomic E-state index is 13.8. The van der Waals surface area contributed by atoms with Crippen LogP contribution in [0, 0.1) is 11.7 Å². The summed E-state index contributed by atoms with van der Waals surface area (Å²) < 4.78 is 13.8. The van der Waals surface area contributed by atoms with Crippen LogP contribution in [0.4, 0.5) is 10.1 Å². The van der Waals surface area contributed by atoms with Gasteiger partial charge in [0.25, 0.3) is 0 Å². The number of nitrogens with one attached hydrogen (secondary N) is 1. The van der Waals surface area contributed by atoms with E-state index in [1.807, 2.05) is 36.4 Å². The molecule has 4 nitrogen and oxygen atoms in total. The van der Waals surface area contributed by atoms with Crippen molar-refractivity contribution in [3.05, 3.63) is 113 Å². The molecule has 34 heavy (non-hydrogen) atoms. The highest BCUT2D eigenvalue weighted by Crippen LogP contribution is 2.31. The molecule has 0 aromatic heterocycles. The summed E-state index contributed by atoms with van der Waals surface area (Å²) in [5.74, 6) is 0.0287. The molecule has 172 valence electrons. The smallest absolute Gasteiger partial charge is 0.123 e. The van der Waals surface area contributed by atoms with Crippen LogP contribution in [0.1, 0.15) is 36.0 Å². The molecule has 0 bridgehead atoms. The summed E-state index contributed by atoms with van der Waals surface area (Å²) in [7, 11) is 0.